The summed E-state index contributed by atoms with van der Waals surface area (Å²) in [6.07, 6.45) is 5.90. The molecule has 2 aliphatic rings. The maximum Gasteiger partial charge on any atom is 0.317 e. The molecular weight excluding hydrogens is 307 g/mol. The number of aliphatic hydroxyl groups is 1. The molecule has 1 saturated carbocycles. The summed E-state index contributed by atoms with van der Waals surface area (Å²) in [7, 11) is 0. The number of urea groups is 1. The van der Waals surface area contributed by atoms with E-state index in [2.05, 4.69) is 5.32 Å². The fourth-order valence-corrected chi connectivity index (χ4v) is 3.82. The van der Waals surface area contributed by atoms with Gasteiger partial charge in [0.05, 0.1) is 6.10 Å². The first-order valence-electron chi connectivity index (χ1n) is 9.08. The lowest BCUT2D eigenvalue weighted by Crippen LogP contribution is -2.49. The van der Waals surface area contributed by atoms with Crippen LogP contribution >= 0.6 is 0 Å². The summed E-state index contributed by atoms with van der Waals surface area (Å²) in [4.78, 5) is 14.3. The van der Waals surface area contributed by atoms with E-state index in [9.17, 15) is 14.3 Å². The number of hydrogen-bond donors (Lipinski definition) is 2. The van der Waals surface area contributed by atoms with Crippen molar-refractivity contribution in [3.8, 4) is 0 Å². The number of piperidine rings is 1. The van der Waals surface area contributed by atoms with E-state index >= 15 is 0 Å². The maximum atomic E-state index is 13.3. The first kappa shape index (κ1) is 17.2. The van der Waals surface area contributed by atoms with Gasteiger partial charge in [-0.05, 0) is 68.6 Å². The van der Waals surface area contributed by atoms with Gasteiger partial charge in [-0.2, -0.15) is 0 Å². The third-order valence-corrected chi connectivity index (χ3v) is 5.34. The Morgan fingerprint density at radius 3 is 2.54 bits per heavy atom. The fourth-order valence-electron chi connectivity index (χ4n) is 3.82. The first-order chi connectivity index (χ1) is 11.6. The minimum Gasteiger partial charge on any atom is -0.393 e. The number of carbonyl (C=O) groups is 1. The molecule has 132 valence electrons. The van der Waals surface area contributed by atoms with E-state index in [1.165, 1.54) is 6.07 Å². The van der Waals surface area contributed by atoms with Crippen LogP contribution in [0.3, 0.4) is 0 Å². The monoisotopic (exact) mass is 334 g/mol. The van der Waals surface area contributed by atoms with E-state index in [0.29, 0.717) is 5.92 Å². The second kappa shape index (κ2) is 7.97. The Balaban J connectivity index is 1.42. The van der Waals surface area contributed by atoms with E-state index in [-0.39, 0.29) is 24.0 Å². The van der Waals surface area contributed by atoms with Gasteiger partial charge in [0.15, 0.2) is 0 Å². The highest BCUT2D eigenvalue weighted by Crippen LogP contribution is 2.23. The third-order valence-electron chi connectivity index (χ3n) is 5.34. The number of amides is 2. The number of likely N-dealkylation sites (tertiary alicyclic amines) is 1. The molecule has 24 heavy (non-hydrogen) atoms. The molecule has 3 rings (SSSR count). The van der Waals surface area contributed by atoms with Gasteiger partial charge in [-0.15, -0.1) is 0 Å². The maximum absolute atomic E-state index is 13.3. The molecule has 0 unspecified atom stereocenters. The number of nitrogens with one attached hydrogen (secondary N) is 1. The highest BCUT2D eigenvalue weighted by Gasteiger charge is 2.26. The van der Waals surface area contributed by atoms with Crippen LogP contribution in [-0.4, -0.2) is 41.3 Å². The van der Waals surface area contributed by atoms with Crippen LogP contribution in [-0.2, 0) is 6.42 Å². The molecule has 0 spiro atoms. The molecule has 2 amide bonds. The van der Waals surface area contributed by atoms with Crippen molar-refractivity contribution in [2.24, 2.45) is 5.92 Å². The molecule has 2 N–H and O–H groups in total. The zero-order chi connectivity index (χ0) is 16.9. The SMILES string of the molecule is O=C(NC1CCC(O)CC1)N1CCC(Cc2cccc(F)c2)CC1. The zero-order valence-electron chi connectivity index (χ0n) is 14.1. The Morgan fingerprint density at radius 1 is 1.17 bits per heavy atom. The molecule has 0 atom stereocenters. The smallest absolute Gasteiger partial charge is 0.317 e. The number of hydrogen-bond acceptors (Lipinski definition) is 2. The first-order valence-corrected chi connectivity index (χ1v) is 9.08. The van der Waals surface area contributed by atoms with Crippen LogP contribution in [0.5, 0.6) is 0 Å². The summed E-state index contributed by atoms with van der Waals surface area (Å²) < 4.78 is 13.3. The summed E-state index contributed by atoms with van der Waals surface area (Å²) in [6, 6.07) is 7.04. The lowest BCUT2D eigenvalue weighted by atomic mass is 9.90. The third kappa shape index (κ3) is 4.69. The van der Waals surface area contributed by atoms with Crippen molar-refractivity contribution in [2.45, 2.75) is 57.1 Å². The van der Waals surface area contributed by atoms with Crippen molar-refractivity contribution in [3.05, 3.63) is 35.6 Å². The van der Waals surface area contributed by atoms with Gasteiger partial charge in [0.1, 0.15) is 5.82 Å². The van der Waals surface area contributed by atoms with E-state index in [4.69, 9.17) is 0 Å². The van der Waals surface area contributed by atoms with E-state index < -0.39 is 0 Å². The summed E-state index contributed by atoms with van der Waals surface area (Å²) >= 11 is 0. The number of benzene rings is 1. The van der Waals surface area contributed by atoms with Crippen molar-refractivity contribution in [1.82, 2.24) is 10.2 Å². The molecule has 0 bridgehead atoms. The van der Waals surface area contributed by atoms with Gasteiger partial charge in [0.25, 0.3) is 0 Å². The highest BCUT2D eigenvalue weighted by atomic mass is 19.1. The molecule has 1 aliphatic heterocycles. The number of aliphatic hydroxyl groups excluding tert-OH is 1. The highest BCUT2D eigenvalue weighted by molar-refractivity contribution is 5.74. The molecule has 0 aromatic heterocycles. The van der Waals surface area contributed by atoms with Gasteiger partial charge in [-0.25, -0.2) is 9.18 Å². The number of rotatable bonds is 3. The van der Waals surface area contributed by atoms with Crippen molar-refractivity contribution in [1.29, 1.82) is 0 Å². The lowest BCUT2D eigenvalue weighted by Gasteiger charge is -2.34. The molecular formula is C19H27FN2O2. The number of nitrogens with zero attached hydrogens (tertiary/aromatic N) is 1. The van der Waals surface area contributed by atoms with E-state index in [1.807, 2.05) is 11.0 Å². The van der Waals surface area contributed by atoms with Crippen LogP contribution in [0, 0.1) is 11.7 Å². The average molecular weight is 334 g/mol. The fraction of sp³-hybridized carbons (Fsp3) is 0.632. The summed E-state index contributed by atoms with van der Waals surface area (Å²) in [6.45, 7) is 1.53. The Hall–Kier alpha value is -1.62. The number of halogens is 1. The van der Waals surface area contributed by atoms with Crippen LogP contribution in [0.25, 0.3) is 0 Å². The van der Waals surface area contributed by atoms with Gasteiger partial charge in [0.2, 0.25) is 0 Å². The molecule has 0 radical (unpaired) electrons. The molecule has 1 aromatic rings. The second-order valence-corrected chi connectivity index (χ2v) is 7.22. The summed E-state index contributed by atoms with van der Waals surface area (Å²) in [5, 5.41) is 12.6. The topological polar surface area (TPSA) is 52.6 Å². The van der Waals surface area contributed by atoms with Crippen molar-refractivity contribution in [2.75, 3.05) is 13.1 Å². The van der Waals surface area contributed by atoms with Gasteiger partial charge < -0.3 is 15.3 Å². The van der Waals surface area contributed by atoms with Crippen LogP contribution in [0.4, 0.5) is 9.18 Å². The van der Waals surface area contributed by atoms with Crippen molar-refractivity contribution < 1.29 is 14.3 Å². The minimum atomic E-state index is -0.197. The molecule has 5 heteroatoms. The predicted molar refractivity (Wildman–Crippen MR) is 91.2 cm³/mol. The van der Waals surface area contributed by atoms with Gasteiger partial charge in [0, 0.05) is 19.1 Å². The normalized spacial score (nSPS) is 25.5. The summed E-state index contributed by atoms with van der Waals surface area (Å²) in [5.41, 5.74) is 1.04. The lowest BCUT2D eigenvalue weighted by molar-refractivity contribution is 0.113. The Kier molecular flexibility index (Phi) is 5.72. The standard InChI is InChI=1S/C19H27FN2O2/c20-16-3-1-2-15(13-16)12-14-8-10-22(11-9-14)19(24)21-17-4-6-18(23)7-5-17/h1-3,13-14,17-18,23H,4-12H2,(H,21,24). The van der Waals surface area contributed by atoms with E-state index in [0.717, 1.165) is 63.6 Å². The second-order valence-electron chi connectivity index (χ2n) is 7.22. The van der Waals surface area contributed by atoms with Crippen molar-refractivity contribution >= 4 is 6.03 Å². The zero-order valence-corrected chi connectivity index (χ0v) is 14.1. The van der Waals surface area contributed by atoms with E-state index in [1.54, 1.807) is 12.1 Å². The van der Waals surface area contributed by atoms with Crippen LogP contribution in [0.15, 0.2) is 24.3 Å². The molecule has 4 nitrogen and oxygen atoms in total. The molecule has 1 saturated heterocycles. The Bertz CT molecular complexity index is 550. The predicted octanol–water partition coefficient (Wildman–Crippen LogP) is 3.09. The molecule has 1 aliphatic carbocycles. The van der Waals surface area contributed by atoms with Crippen LogP contribution in [0.2, 0.25) is 0 Å². The van der Waals surface area contributed by atoms with Gasteiger partial charge >= 0.3 is 6.03 Å². The summed E-state index contributed by atoms with van der Waals surface area (Å²) in [5.74, 6) is 0.336. The largest absolute Gasteiger partial charge is 0.393 e. The van der Waals surface area contributed by atoms with Crippen LogP contribution < -0.4 is 5.32 Å². The van der Waals surface area contributed by atoms with Crippen molar-refractivity contribution in [3.63, 3.8) is 0 Å². The average Bonchev–Trinajstić information content (AvgIpc) is 2.57. The molecule has 1 aromatic carbocycles. The quantitative estimate of drug-likeness (QED) is 0.892. The minimum absolute atomic E-state index is 0.0283. The van der Waals surface area contributed by atoms with Gasteiger partial charge in [-0.1, -0.05) is 12.1 Å². The Labute approximate surface area is 143 Å². The Morgan fingerprint density at radius 2 is 1.88 bits per heavy atom. The van der Waals surface area contributed by atoms with Gasteiger partial charge in [-0.3, -0.25) is 0 Å². The molecule has 1 heterocycles. The van der Waals surface area contributed by atoms with Crippen LogP contribution in [0.1, 0.15) is 44.1 Å². The number of carbonyl (C=O) groups excluding carboxylic acids is 1. The molecule has 2 fully saturated rings.